The lowest BCUT2D eigenvalue weighted by molar-refractivity contribution is -0.137. The van der Waals surface area contributed by atoms with Crippen LogP contribution in [0.25, 0.3) is 0 Å². The summed E-state index contributed by atoms with van der Waals surface area (Å²) in [6.07, 6.45) is 4.11. The SMILES string of the molecule is CCC(CN)CC(=O)Nc1cnn(CC(=O)O)c1. The third kappa shape index (κ3) is 4.54. The highest BCUT2D eigenvalue weighted by Crippen LogP contribution is 2.10. The van der Waals surface area contributed by atoms with E-state index in [-0.39, 0.29) is 18.4 Å². The maximum Gasteiger partial charge on any atom is 0.325 e. The number of carbonyl (C=O) groups is 2. The van der Waals surface area contributed by atoms with Crippen molar-refractivity contribution in [2.45, 2.75) is 26.3 Å². The lowest BCUT2D eigenvalue weighted by atomic mass is 10.0. The summed E-state index contributed by atoms with van der Waals surface area (Å²) in [5, 5.41) is 15.1. The van der Waals surface area contributed by atoms with Crippen LogP contribution in [0.1, 0.15) is 19.8 Å². The van der Waals surface area contributed by atoms with Crippen LogP contribution >= 0.6 is 0 Å². The van der Waals surface area contributed by atoms with Gasteiger partial charge in [0.2, 0.25) is 5.91 Å². The van der Waals surface area contributed by atoms with Crippen LogP contribution < -0.4 is 11.1 Å². The van der Waals surface area contributed by atoms with Gasteiger partial charge in [-0.15, -0.1) is 0 Å². The molecule has 1 aromatic heterocycles. The van der Waals surface area contributed by atoms with Gasteiger partial charge in [0.15, 0.2) is 0 Å². The molecular weight excluding hydrogens is 236 g/mol. The van der Waals surface area contributed by atoms with E-state index in [1.165, 1.54) is 17.1 Å². The van der Waals surface area contributed by atoms with Gasteiger partial charge in [-0.1, -0.05) is 13.3 Å². The second-order valence-corrected chi connectivity index (χ2v) is 4.08. The molecule has 1 aromatic rings. The van der Waals surface area contributed by atoms with Crippen molar-refractivity contribution < 1.29 is 14.7 Å². The summed E-state index contributed by atoms with van der Waals surface area (Å²) in [5.74, 6) is -0.952. The van der Waals surface area contributed by atoms with Crippen LogP contribution in [0.3, 0.4) is 0 Å². The number of aliphatic carboxylic acids is 1. The average Bonchev–Trinajstić information content (AvgIpc) is 2.72. The molecular formula is C11H18N4O3. The van der Waals surface area contributed by atoms with Crippen molar-refractivity contribution in [1.82, 2.24) is 9.78 Å². The van der Waals surface area contributed by atoms with Gasteiger partial charge in [0.05, 0.1) is 11.9 Å². The fourth-order valence-corrected chi connectivity index (χ4v) is 1.52. The molecule has 0 aliphatic heterocycles. The lowest BCUT2D eigenvalue weighted by Crippen LogP contribution is -2.21. The van der Waals surface area contributed by atoms with E-state index in [1.54, 1.807) is 0 Å². The summed E-state index contributed by atoms with van der Waals surface area (Å²) in [6, 6.07) is 0. The molecule has 0 spiro atoms. The molecule has 0 fully saturated rings. The van der Waals surface area contributed by atoms with E-state index in [4.69, 9.17) is 10.8 Å². The third-order valence-corrected chi connectivity index (χ3v) is 2.60. The summed E-state index contributed by atoms with van der Waals surface area (Å²) >= 11 is 0. The van der Waals surface area contributed by atoms with E-state index in [0.29, 0.717) is 18.7 Å². The normalized spacial score (nSPS) is 12.1. The van der Waals surface area contributed by atoms with Crippen molar-refractivity contribution in [1.29, 1.82) is 0 Å². The van der Waals surface area contributed by atoms with E-state index < -0.39 is 5.97 Å². The predicted molar refractivity (Wildman–Crippen MR) is 65.9 cm³/mol. The fourth-order valence-electron chi connectivity index (χ4n) is 1.52. The number of carboxylic acid groups (broad SMARTS) is 1. The van der Waals surface area contributed by atoms with Crippen molar-refractivity contribution in [3.8, 4) is 0 Å². The number of aromatic nitrogens is 2. The number of nitrogens with two attached hydrogens (primary N) is 1. The molecule has 1 amide bonds. The van der Waals surface area contributed by atoms with Gasteiger partial charge in [0.25, 0.3) is 0 Å². The van der Waals surface area contributed by atoms with Gasteiger partial charge in [0.1, 0.15) is 6.54 Å². The van der Waals surface area contributed by atoms with Crippen LogP contribution in [-0.2, 0) is 16.1 Å². The molecule has 1 rings (SSSR count). The Morgan fingerprint density at radius 3 is 2.89 bits per heavy atom. The second-order valence-electron chi connectivity index (χ2n) is 4.08. The zero-order valence-electron chi connectivity index (χ0n) is 10.3. The molecule has 0 aliphatic rings. The predicted octanol–water partition coefficient (Wildman–Crippen LogP) is 0.281. The van der Waals surface area contributed by atoms with Crippen LogP contribution in [0.4, 0.5) is 5.69 Å². The molecule has 0 radical (unpaired) electrons. The molecule has 4 N–H and O–H groups in total. The topological polar surface area (TPSA) is 110 Å². The molecule has 0 aliphatic carbocycles. The van der Waals surface area contributed by atoms with Gasteiger partial charge in [-0.3, -0.25) is 14.3 Å². The number of hydrogen-bond donors (Lipinski definition) is 3. The van der Waals surface area contributed by atoms with E-state index in [9.17, 15) is 9.59 Å². The van der Waals surface area contributed by atoms with Gasteiger partial charge in [-0.05, 0) is 12.5 Å². The van der Waals surface area contributed by atoms with Crippen molar-refractivity contribution in [2.75, 3.05) is 11.9 Å². The molecule has 0 bridgehead atoms. The van der Waals surface area contributed by atoms with E-state index in [0.717, 1.165) is 6.42 Å². The Labute approximate surface area is 105 Å². The van der Waals surface area contributed by atoms with Gasteiger partial charge < -0.3 is 16.2 Å². The molecule has 7 nitrogen and oxygen atoms in total. The zero-order chi connectivity index (χ0) is 13.5. The third-order valence-electron chi connectivity index (χ3n) is 2.60. The number of hydrogen-bond acceptors (Lipinski definition) is 4. The Balaban J connectivity index is 2.49. The molecule has 18 heavy (non-hydrogen) atoms. The molecule has 7 heteroatoms. The number of carbonyl (C=O) groups excluding carboxylic acids is 1. The Morgan fingerprint density at radius 1 is 1.61 bits per heavy atom. The molecule has 1 heterocycles. The van der Waals surface area contributed by atoms with Crippen LogP contribution in [0.2, 0.25) is 0 Å². The standard InChI is InChI=1S/C11H18N4O3/c1-2-8(4-12)3-10(16)14-9-5-13-15(6-9)7-11(17)18/h5-6,8H,2-4,7,12H2,1H3,(H,14,16)(H,17,18). The number of rotatable bonds is 7. The van der Waals surface area contributed by atoms with Crippen molar-refractivity contribution >= 4 is 17.6 Å². The summed E-state index contributed by atoms with van der Waals surface area (Å²) < 4.78 is 1.25. The lowest BCUT2D eigenvalue weighted by Gasteiger charge is -2.10. The van der Waals surface area contributed by atoms with Crippen molar-refractivity contribution in [3.05, 3.63) is 12.4 Å². The fraction of sp³-hybridized carbons (Fsp3) is 0.545. The van der Waals surface area contributed by atoms with E-state index >= 15 is 0 Å². The van der Waals surface area contributed by atoms with Crippen LogP contribution in [0.5, 0.6) is 0 Å². The van der Waals surface area contributed by atoms with Gasteiger partial charge in [-0.2, -0.15) is 5.10 Å². The average molecular weight is 254 g/mol. The molecule has 1 atom stereocenters. The van der Waals surface area contributed by atoms with Crippen molar-refractivity contribution in [3.63, 3.8) is 0 Å². The van der Waals surface area contributed by atoms with Crippen LogP contribution in [-0.4, -0.2) is 33.3 Å². The smallest absolute Gasteiger partial charge is 0.325 e. The first-order valence-electron chi connectivity index (χ1n) is 5.79. The zero-order valence-corrected chi connectivity index (χ0v) is 10.3. The minimum atomic E-state index is -0.981. The first kappa shape index (κ1) is 14.2. The Hall–Kier alpha value is -1.89. The van der Waals surface area contributed by atoms with Gasteiger partial charge in [-0.25, -0.2) is 0 Å². The summed E-state index contributed by atoms with van der Waals surface area (Å²) in [7, 11) is 0. The highest BCUT2D eigenvalue weighted by molar-refractivity contribution is 5.90. The molecule has 1 unspecified atom stereocenters. The molecule has 0 aromatic carbocycles. The number of amides is 1. The quantitative estimate of drug-likeness (QED) is 0.647. The summed E-state index contributed by atoms with van der Waals surface area (Å²) in [5.41, 5.74) is 6.02. The maximum absolute atomic E-state index is 11.7. The van der Waals surface area contributed by atoms with Gasteiger partial charge in [0, 0.05) is 12.6 Å². The second kappa shape index (κ2) is 6.75. The number of carboxylic acids is 1. The minimum absolute atomic E-state index is 0.137. The van der Waals surface area contributed by atoms with E-state index in [2.05, 4.69) is 10.4 Å². The first-order valence-corrected chi connectivity index (χ1v) is 5.79. The number of nitrogens with one attached hydrogen (secondary N) is 1. The highest BCUT2D eigenvalue weighted by atomic mass is 16.4. The van der Waals surface area contributed by atoms with Crippen LogP contribution in [0, 0.1) is 5.92 Å². The monoisotopic (exact) mass is 254 g/mol. The molecule has 0 saturated carbocycles. The maximum atomic E-state index is 11.7. The molecule has 0 saturated heterocycles. The highest BCUT2D eigenvalue weighted by Gasteiger charge is 2.11. The minimum Gasteiger partial charge on any atom is -0.480 e. The van der Waals surface area contributed by atoms with Gasteiger partial charge >= 0.3 is 5.97 Å². The molecule has 100 valence electrons. The summed E-state index contributed by atoms with van der Waals surface area (Å²) in [4.78, 5) is 22.1. The Bertz CT molecular complexity index is 412. The Morgan fingerprint density at radius 2 is 2.33 bits per heavy atom. The Kier molecular flexibility index (Phi) is 5.31. The van der Waals surface area contributed by atoms with E-state index in [1.807, 2.05) is 6.92 Å². The summed E-state index contributed by atoms with van der Waals surface area (Å²) in [6.45, 7) is 2.23. The first-order chi connectivity index (χ1) is 8.55. The van der Waals surface area contributed by atoms with Crippen LogP contribution in [0.15, 0.2) is 12.4 Å². The largest absolute Gasteiger partial charge is 0.480 e. The number of nitrogens with zero attached hydrogens (tertiary/aromatic N) is 2. The van der Waals surface area contributed by atoms with Crippen molar-refractivity contribution in [2.24, 2.45) is 11.7 Å². The number of anilines is 1.